The maximum Gasteiger partial charge on any atom is 0.407 e. The number of hydrogen-bond donors (Lipinski definition) is 1. The molecule has 0 aliphatic heterocycles. The lowest BCUT2D eigenvalue weighted by atomic mass is 10.2. The van der Waals surface area contributed by atoms with E-state index >= 15 is 0 Å². The minimum atomic E-state index is -0.503. The summed E-state index contributed by atoms with van der Waals surface area (Å²) < 4.78 is 11.1. The van der Waals surface area contributed by atoms with Crippen LogP contribution in [-0.4, -0.2) is 47.8 Å². The van der Waals surface area contributed by atoms with Gasteiger partial charge in [0.1, 0.15) is 16.4 Å². The summed E-state index contributed by atoms with van der Waals surface area (Å²) in [5.74, 6) is 0.865. The predicted molar refractivity (Wildman–Crippen MR) is 119 cm³/mol. The molecule has 0 unspecified atom stereocenters. The summed E-state index contributed by atoms with van der Waals surface area (Å²) in [6, 6.07) is 8.53. The van der Waals surface area contributed by atoms with Gasteiger partial charge >= 0.3 is 6.09 Å². The highest BCUT2D eigenvalue weighted by molar-refractivity contribution is 7.15. The first-order valence-corrected chi connectivity index (χ1v) is 10.8. The number of hydrogen-bond acceptors (Lipinski definition) is 6. The lowest BCUT2D eigenvalue weighted by Crippen LogP contribution is -2.31. The van der Waals surface area contributed by atoms with E-state index in [1.165, 1.54) is 0 Å². The Bertz CT molecular complexity index is 766. The van der Waals surface area contributed by atoms with Gasteiger partial charge in [0.25, 0.3) is 0 Å². The van der Waals surface area contributed by atoms with Gasteiger partial charge < -0.3 is 19.7 Å². The van der Waals surface area contributed by atoms with Crippen LogP contribution in [-0.2, 0) is 11.3 Å². The summed E-state index contributed by atoms with van der Waals surface area (Å²) in [6.45, 7) is 12.0. The molecule has 0 fully saturated rings. The monoisotopic (exact) mass is 419 g/mol. The van der Waals surface area contributed by atoms with Crippen molar-refractivity contribution < 1.29 is 14.3 Å². The van der Waals surface area contributed by atoms with Gasteiger partial charge in [-0.25, -0.2) is 9.78 Å². The average molecular weight is 420 g/mol. The number of amides is 1. The molecule has 0 aliphatic rings. The molecular formula is C22H33N3O3S. The summed E-state index contributed by atoms with van der Waals surface area (Å²) in [4.78, 5) is 19.5. The number of thiazole rings is 1. The Morgan fingerprint density at radius 2 is 1.93 bits per heavy atom. The summed E-state index contributed by atoms with van der Waals surface area (Å²) in [6.07, 6.45) is 2.36. The standard InChI is InChI=1S/C22H33N3O3S/c1-16(2)25(6)12-7-13-27-18-10-8-17(9-11-18)20-23-14-19(29-20)15-24-21(26)28-22(3,4)5/h8-11,14,16H,7,12-13,15H2,1-6H3,(H,24,26). The molecule has 6 nitrogen and oxygen atoms in total. The Labute approximate surface area is 178 Å². The molecule has 0 spiro atoms. The van der Waals surface area contributed by atoms with Crippen LogP contribution in [0.2, 0.25) is 0 Å². The van der Waals surface area contributed by atoms with Crippen molar-refractivity contribution in [2.75, 3.05) is 20.2 Å². The number of carbonyl (C=O) groups excluding carboxylic acids is 1. The fourth-order valence-corrected chi connectivity index (χ4v) is 3.31. The normalized spacial score (nSPS) is 11.7. The highest BCUT2D eigenvalue weighted by atomic mass is 32.1. The topological polar surface area (TPSA) is 63.7 Å². The first kappa shape index (κ1) is 23.2. The van der Waals surface area contributed by atoms with E-state index in [9.17, 15) is 4.79 Å². The van der Waals surface area contributed by atoms with Crippen LogP contribution in [0.1, 0.15) is 45.9 Å². The van der Waals surface area contributed by atoms with E-state index in [-0.39, 0.29) is 0 Å². The molecule has 160 valence electrons. The van der Waals surface area contributed by atoms with Crippen molar-refractivity contribution >= 4 is 17.4 Å². The summed E-state index contributed by atoms with van der Waals surface area (Å²) >= 11 is 1.55. The molecule has 0 saturated heterocycles. The number of nitrogens with zero attached hydrogens (tertiary/aromatic N) is 2. The summed E-state index contributed by atoms with van der Waals surface area (Å²) in [5.41, 5.74) is 0.530. The second kappa shape index (κ2) is 10.6. The minimum absolute atomic E-state index is 0.401. The predicted octanol–water partition coefficient (Wildman–Crippen LogP) is 4.94. The van der Waals surface area contributed by atoms with Gasteiger partial charge in [-0.1, -0.05) is 0 Å². The van der Waals surface area contributed by atoms with Crippen LogP contribution < -0.4 is 10.1 Å². The van der Waals surface area contributed by atoms with E-state index in [1.54, 1.807) is 17.5 Å². The zero-order valence-electron chi connectivity index (χ0n) is 18.3. The molecule has 1 amide bonds. The number of carbonyl (C=O) groups is 1. The molecule has 29 heavy (non-hydrogen) atoms. The zero-order chi connectivity index (χ0) is 21.4. The summed E-state index contributed by atoms with van der Waals surface area (Å²) in [5, 5.41) is 3.67. The molecule has 2 rings (SSSR count). The van der Waals surface area contributed by atoms with Crippen molar-refractivity contribution in [1.82, 2.24) is 15.2 Å². The zero-order valence-corrected chi connectivity index (χ0v) is 19.1. The maximum atomic E-state index is 11.8. The van der Waals surface area contributed by atoms with Crippen LogP contribution in [0.4, 0.5) is 4.79 Å². The molecule has 0 saturated carbocycles. The molecule has 0 aliphatic carbocycles. The number of alkyl carbamates (subject to hydrolysis) is 1. The Morgan fingerprint density at radius 1 is 1.24 bits per heavy atom. The van der Waals surface area contributed by atoms with Gasteiger partial charge in [-0.15, -0.1) is 11.3 Å². The highest BCUT2D eigenvalue weighted by Crippen LogP contribution is 2.27. The van der Waals surface area contributed by atoms with Gasteiger partial charge in [-0.2, -0.15) is 0 Å². The Morgan fingerprint density at radius 3 is 2.55 bits per heavy atom. The fourth-order valence-electron chi connectivity index (χ4n) is 2.45. The number of nitrogens with one attached hydrogen (secondary N) is 1. The van der Waals surface area contributed by atoms with Crippen LogP contribution in [0.3, 0.4) is 0 Å². The van der Waals surface area contributed by atoms with E-state index in [0.29, 0.717) is 19.2 Å². The van der Waals surface area contributed by atoms with E-state index in [2.05, 4.69) is 36.1 Å². The fraction of sp³-hybridized carbons (Fsp3) is 0.545. The van der Waals surface area contributed by atoms with Crippen LogP contribution in [0.25, 0.3) is 10.6 Å². The molecular weight excluding hydrogens is 386 g/mol. The van der Waals surface area contributed by atoms with Gasteiger partial charge in [-0.3, -0.25) is 0 Å². The molecule has 0 bridgehead atoms. The number of ether oxygens (including phenoxy) is 2. The van der Waals surface area contributed by atoms with E-state index in [4.69, 9.17) is 9.47 Å². The van der Waals surface area contributed by atoms with Crippen molar-refractivity contribution in [2.45, 2.75) is 59.2 Å². The SMILES string of the molecule is CC(C)N(C)CCCOc1ccc(-c2ncc(CNC(=O)OC(C)(C)C)s2)cc1. The minimum Gasteiger partial charge on any atom is -0.494 e. The molecule has 7 heteroatoms. The Balaban J connectivity index is 1.80. The van der Waals surface area contributed by atoms with Crippen molar-refractivity contribution in [2.24, 2.45) is 0 Å². The van der Waals surface area contributed by atoms with Gasteiger partial charge in [0.2, 0.25) is 0 Å². The largest absolute Gasteiger partial charge is 0.494 e. The smallest absolute Gasteiger partial charge is 0.407 e. The van der Waals surface area contributed by atoms with Gasteiger partial charge in [0, 0.05) is 29.2 Å². The average Bonchev–Trinajstić information content (AvgIpc) is 3.11. The van der Waals surface area contributed by atoms with Crippen molar-refractivity contribution in [3.63, 3.8) is 0 Å². The van der Waals surface area contributed by atoms with Gasteiger partial charge in [0.05, 0.1) is 13.2 Å². The molecule has 1 heterocycles. The van der Waals surface area contributed by atoms with E-state index in [0.717, 1.165) is 34.2 Å². The third-order valence-corrected chi connectivity index (χ3v) is 5.31. The highest BCUT2D eigenvalue weighted by Gasteiger charge is 2.16. The molecule has 0 atom stereocenters. The number of benzene rings is 1. The first-order valence-electron chi connectivity index (χ1n) is 9.99. The third-order valence-electron chi connectivity index (χ3n) is 4.27. The maximum absolute atomic E-state index is 11.8. The van der Waals surface area contributed by atoms with Crippen molar-refractivity contribution in [1.29, 1.82) is 0 Å². The third kappa shape index (κ3) is 8.41. The second-order valence-corrected chi connectivity index (χ2v) is 9.40. The Hall–Kier alpha value is -2.12. The number of aromatic nitrogens is 1. The molecule has 0 radical (unpaired) electrons. The first-order chi connectivity index (χ1) is 13.6. The van der Waals surface area contributed by atoms with Gasteiger partial charge in [0.15, 0.2) is 0 Å². The van der Waals surface area contributed by atoms with Crippen LogP contribution in [0.15, 0.2) is 30.5 Å². The quantitative estimate of drug-likeness (QED) is 0.583. The number of rotatable bonds is 9. The molecule has 1 aromatic heterocycles. The summed E-state index contributed by atoms with van der Waals surface area (Å²) in [7, 11) is 2.13. The molecule has 1 aromatic carbocycles. The lowest BCUT2D eigenvalue weighted by molar-refractivity contribution is 0.0524. The van der Waals surface area contributed by atoms with Crippen LogP contribution in [0, 0.1) is 0 Å². The van der Waals surface area contributed by atoms with Gasteiger partial charge in [-0.05, 0) is 72.4 Å². The molecule has 1 N–H and O–H groups in total. The van der Waals surface area contributed by atoms with Crippen LogP contribution >= 0.6 is 11.3 Å². The van der Waals surface area contributed by atoms with Crippen molar-refractivity contribution in [3.8, 4) is 16.3 Å². The molecule has 2 aromatic rings. The Kier molecular flexibility index (Phi) is 8.46. The second-order valence-electron chi connectivity index (χ2n) is 8.29. The van der Waals surface area contributed by atoms with E-state index < -0.39 is 11.7 Å². The van der Waals surface area contributed by atoms with Crippen molar-refractivity contribution in [3.05, 3.63) is 35.3 Å². The lowest BCUT2D eigenvalue weighted by Gasteiger charge is -2.20. The van der Waals surface area contributed by atoms with Crippen LogP contribution in [0.5, 0.6) is 5.75 Å². The van der Waals surface area contributed by atoms with E-state index in [1.807, 2.05) is 45.0 Å².